The minimum atomic E-state index is -1.06. The molecule has 0 bridgehead atoms. The first-order valence-corrected chi connectivity index (χ1v) is 16.2. The Kier molecular flexibility index (Phi) is 15.6. The standard InChI is InChI=1S/C34H53BrN4O7/c1-20(2)25(18-21(3)29(41)37-24(32(44)46-12)16-17-26(40)45-11)39(10)31(43)28(33(4,5)6)38-30(42)27(36-9)34(7,8)22-14-13-15-23(35)19-22/h13-15,18-20,24-25,27-28,36H,16-17H2,1-12H3,(H,37,41)(H,38,42)/b21-18+/t24-,25-,27+,28-/m1/s1. The van der Waals surface area contributed by atoms with E-state index >= 15 is 0 Å². The minimum Gasteiger partial charge on any atom is -0.469 e. The second-order valence-corrected chi connectivity index (χ2v) is 14.4. The number of carbonyl (C=O) groups is 5. The van der Waals surface area contributed by atoms with Gasteiger partial charge in [0.15, 0.2) is 0 Å². The quantitative estimate of drug-likeness (QED) is 0.184. The highest BCUT2D eigenvalue weighted by atomic mass is 79.9. The summed E-state index contributed by atoms with van der Waals surface area (Å²) in [5.41, 5.74) is -0.0464. The van der Waals surface area contributed by atoms with E-state index in [-0.39, 0.29) is 36.1 Å². The number of hydrogen-bond acceptors (Lipinski definition) is 8. The molecular formula is C34H53BrN4O7. The first-order chi connectivity index (χ1) is 21.2. The van der Waals surface area contributed by atoms with E-state index in [9.17, 15) is 24.0 Å². The molecule has 0 aliphatic heterocycles. The molecule has 0 fully saturated rings. The third-order valence-corrected chi connectivity index (χ3v) is 8.65. The smallest absolute Gasteiger partial charge is 0.328 e. The Morgan fingerprint density at radius 1 is 0.978 bits per heavy atom. The van der Waals surface area contributed by atoms with Crippen LogP contribution in [0.25, 0.3) is 0 Å². The summed E-state index contributed by atoms with van der Waals surface area (Å²) in [6.07, 6.45) is 1.59. The Bertz CT molecular complexity index is 1270. The van der Waals surface area contributed by atoms with Crippen molar-refractivity contribution < 1.29 is 33.4 Å². The molecule has 4 atom stereocenters. The normalized spacial score (nSPS) is 14.9. The van der Waals surface area contributed by atoms with E-state index in [0.29, 0.717) is 0 Å². The van der Waals surface area contributed by atoms with Crippen LogP contribution in [0.15, 0.2) is 40.4 Å². The monoisotopic (exact) mass is 708 g/mol. The van der Waals surface area contributed by atoms with Crippen molar-refractivity contribution in [3.63, 3.8) is 0 Å². The molecule has 0 saturated carbocycles. The number of halogens is 1. The van der Waals surface area contributed by atoms with Gasteiger partial charge in [-0.05, 0) is 49.4 Å². The second kappa shape index (κ2) is 17.6. The zero-order valence-electron chi connectivity index (χ0n) is 29.4. The fraction of sp³-hybridized carbons (Fsp3) is 0.618. The fourth-order valence-corrected chi connectivity index (χ4v) is 5.61. The van der Waals surface area contributed by atoms with Crippen LogP contribution in [-0.2, 0) is 38.9 Å². The lowest BCUT2D eigenvalue weighted by atomic mass is 9.76. The topological polar surface area (TPSA) is 143 Å². The minimum absolute atomic E-state index is 0.00326. The number of esters is 2. The Balaban J connectivity index is 3.30. The van der Waals surface area contributed by atoms with Crippen molar-refractivity contribution >= 4 is 45.6 Å². The SMILES string of the molecule is CN[C@@H](C(=O)N[C@H](C(=O)N(C)[C@H](/C=C(\C)C(=O)N[C@H](CCC(=O)OC)C(=O)OC)C(C)C)C(C)(C)C)C(C)(C)c1cccc(Br)c1. The van der Waals surface area contributed by atoms with Gasteiger partial charge in [-0.15, -0.1) is 0 Å². The highest BCUT2D eigenvalue weighted by Crippen LogP contribution is 2.30. The van der Waals surface area contributed by atoms with Crippen molar-refractivity contribution in [1.82, 2.24) is 20.9 Å². The lowest BCUT2D eigenvalue weighted by molar-refractivity contribution is -0.146. The predicted molar refractivity (Wildman–Crippen MR) is 182 cm³/mol. The largest absolute Gasteiger partial charge is 0.469 e. The molecule has 0 aromatic heterocycles. The summed E-state index contributed by atoms with van der Waals surface area (Å²) in [6, 6.07) is 4.66. The molecule has 3 N–H and O–H groups in total. The predicted octanol–water partition coefficient (Wildman–Crippen LogP) is 3.89. The molecule has 0 aliphatic carbocycles. The van der Waals surface area contributed by atoms with Crippen molar-refractivity contribution in [1.29, 1.82) is 0 Å². The van der Waals surface area contributed by atoms with Gasteiger partial charge in [0.05, 0.1) is 26.3 Å². The molecule has 0 heterocycles. The highest BCUT2D eigenvalue weighted by Gasteiger charge is 2.41. The molecule has 12 heteroatoms. The van der Waals surface area contributed by atoms with E-state index < -0.39 is 52.8 Å². The molecule has 1 aromatic rings. The molecule has 46 heavy (non-hydrogen) atoms. The maximum absolute atomic E-state index is 14.1. The van der Waals surface area contributed by atoms with Gasteiger partial charge < -0.3 is 30.3 Å². The van der Waals surface area contributed by atoms with Crippen LogP contribution in [0.5, 0.6) is 0 Å². The summed E-state index contributed by atoms with van der Waals surface area (Å²) in [5.74, 6) is -2.49. The van der Waals surface area contributed by atoms with E-state index in [2.05, 4.69) is 36.6 Å². The van der Waals surface area contributed by atoms with Crippen LogP contribution in [0.4, 0.5) is 0 Å². The number of ether oxygens (including phenoxy) is 2. The van der Waals surface area contributed by atoms with Crippen LogP contribution in [0.1, 0.15) is 73.8 Å². The summed E-state index contributed by atoms with van der Waals surface area (Å²) >= 11 is 3.51. The van der Waals surface area contributed by atoms with Crippen LogP contribution in [-0.4, -0.2) is 87.0 Å². The molecule has 11 nitrogen and oxygen atoms in total. The summed E-state index contributed by atoms with van der Waals surface area (Å²) in [4.78, 5) is 66.6. The molecule has 1 rings (SSSR count). The third kappa shape index (κ3) is 11.2. The van der Waals surface area contributed by atoms with E-state index in [4.69, 9.17) is 4.74 Å². The molecule has 0 radical (unpaired) electrons. The van der Waals surface area contributed by atoms with Crippen LogP contribution in [0.2, 0.25) is 0 Å². The molecule has 258 valence electrons. The first-order valence-electron chi connectivity index (χ1n) is 15.4. The van der Waals surface area contributed by atoms with Gasteiger partial charge in [-0.2, -0.15) is 0 Å². The van der Waals surface area contributed by atoms with Crippen LogP contribution in [0.3, 0.4) is 0 Å². The summed E-state index contributed by atoms with van der Waals surface area (Å²) in [7, 11) is 5.80. The van der Waals surface area contributed by atoms with Crippen molar-refractivity contribution in [3.8, 4) is 0 Å². The Morgan fingerprint density at radius 2 is 1.59 bits per heavy atom. The Hall–Kier alpha value is -3.25. The van der Waals surface area contributed by atoms with Gasteiger partial charge >= 0.3 is 11.9 Å². The van der Waals surface area contributed by atoms with Gasteiger partial charge in [-0.25, -0.2) is 4.79 Å². The number of amides is 3. The van der Waals surface area contributed by atoms with Crippen LogP contribution in [0, 0.1) is 11.3 Å². The number of likely N-dealkylation sites (N-methyl/N-ethyl adjacent to an activating group) is 2. The van der Waals surface area contributed by atoms with Crippen LogP contribution >= 0.6 is 15.9 Å². The number of methoxy groups -OCH3 is 2. The summed E-state index contributed by atoms with van der Waals surface area (Å²) in [6.45, 7) is 15.0. The van der Waals surface area contributed by atoms with Gasteiger partial charge in [-0.3, -0.25) is 19.2 Å². The molecule has 0 spiro atoms. The Labute approximate surface area is 282 Å². The average molecular weight is 710 g/mol. The first kappa shape index (κ1) is 40.8. The third-order valence-electron chi connectivity index (χ3n) is 8.15. The molecule has 3 amide bonds. The van der Waals surface area contributed by atoms with Crippen molar-refractivity contribution in [3.05, 3.63) is 46.0 Å². The average Bonchev–Trinajstić information content (AvgIpc) is 2.98. The highest BCUT2D eigenvalue weighted by molar-refractivity contribution is 9.10. The maximum Gasteiger partial charge on any atom is 0.328 e. The maximum atomic E-state index is 14.1. The van der Waals surface area contributed by atoms with Crippen LogP contribution < -0.4 is 16.0 Å². The molecule has 0 saturated heterocycles. The van der Waals surface area contributed by atoms with Gasteiger partial charge in [-0.1, -0.05) is 82.6 Å². The number of nitrogens with one attached hydrogen (secondary N) is 3. The summed E-state index contributed by atoms with van der Waals surface area (Å²) < 4.78 is 10.3. The molecule has 0 aliphatic rings. The van der Waals surface area contributed by atoms with E-state index in [0.717, 1.165) is 10.0 Å². The van der Waals surface area contributed by atoms with E-state index in [1.807, 2.05) is 72.7 Å². The molecule has 1 aromatic carbocycles. The lowest BCUT2D eigenvalue weighted by Crippen LogP contribution is -2.61. The zero-order chi connectivity index (χ0) is 35.6. The van der Waals surface area contributed by atoms with Crippen molar-refractivity contribution in [2.45, 2.75) is 97.8 Å². The van der Waals surface area contributed by atoms with Gasteiger partial charge in [0.2, 0.25) is 17.7 Å². The number of nitrogens with zero attached hydrogens (tertiary/aromatic N) is 1. The Morgan fingerprint density at radius 3 is 2.07 bits per heavy atom. The number of benzene rings is 1. The van der Waals surface area contributed by atoms with Gasteiger partial charge in [0.1, 0.15) is 12.1 Å². The van der Waals surface area contributed by atoms with Crippen molar-refractivity contribution in [2.75, 3.05) is 28.3 Å². The summed E-state index contributed by atoms with van der Waals surface area (Å²) in [5, 5.41) is 8.80. The molecular weight excluding hydrogens is 656 g/mol. The zero-order valence-corrected chi connectivity index (χ0v) is 31.0. The second-order valence-electron chi connectivity index (χ2n) is 13.5. The van der Waals surface area contributed by atoms with Gasteiger partial charge in [0.25, 0.3) is 0 Å². The number of hydrogen-bond donors (Lipinski definition) is 3. The lowest BCUT2D eigenvalue weighted by Gasteiger charge is -2.40. The van der Waals surface area contributed by atoms with E-state index in [1.165, 1.54) is 14.2 Å². The molecule has 0 unspecified atom stereocenters. The number of rotatable bonds is 15. The fourth-order valence-electron chi connectivity index (χ4n) is 5.21. The van der Waals surface area contributed by atoms with E-state index in [1.54, 1.807) is 32.0 Å². The van der Waals surface area contributed by atoms with Gasteiger partial charge in [0, 0.05) is 28.9 Å². The van der Waals surface area contributed by atoms with Crippen molar-refractivity contribution in [2.24, 2.45) is 11.3 Å². The number of carbonyl (C=O) groups excluding carboxylic acids is 5.